The van der Waals surface area contributed by atoms with Crippen molar-refractivity contribution in [2.24, 2.45) is 4.99 Å². The molecule has 0 N–H and O–H groups in total. The third-order valence-electron chi connectivity index (χ3n) is 4.34. The minimum atomic E-state index is 0.654. The molecule has 0 spiro atoms. The molecular weight excluding hydrogens is 360 g/mol. The fourth-order valence-corrected chi connectivity index (χ4v) is 3.83. The van der Waals surface area contributed by atoms with Crippen LogP contribution in [0.25, 0.3) is 21.0 Å². The molecule has 0 saturated heterocycles. The average molecular weight is 378 g/mol. The molecule has 6 heteroatoms. The van der Waals surface area contributed by atoms with Crippen molar-refractivity contribution in [3.8, 4) is 17.2 Å². The summed E-state index contributed by atoms with van der Waals surface area (Å²) in [5, 5.41) is 2.89. The van der Waals surface area contributed by atoms with Crippen molar-refractivity contribution in [2.45, 2.75) is 0 Å². The van der Waals surface area contributed by atoms with E-state index in [0.29, 0.717) is 16.6 Å². The van der Waals surface area contributed by atoms with E-state index >= 15 is 0 Å². The summed E-state index contributed by atoms with van der Waals surface area (Å²) in [5.41, 5.74) is 1.76. The molecule has 136 valence electrons. The van der Waals surface area contributed by atoms with Crippen LogP contribution in [0.1, 0.15) is 5.56 Å². The van der Waals surface area contributed by atoms with E-state index in [1.54, 1.807) is 21.3 Å². The van der Waals surface area contributed by atoms with Crippen LogP contribution in [-0.4, -0.2) is 32.5 Å². The zero-order valence-corrected chi connectivity index (χ0v) is 16.0. The highest BCUT2D eigenvalue weighted by Crippen LogP contribution is 2.37. The van der Waals surface area contributed by atoms with Crippen molar-refractivity contribution in [1.82, 2.24) is 4.98 Å². The van der Waals surface area contributed by atoms with Crippen molar-refractivity contribution in [3.05, 3.63) is 54.1 Å². The van der Waals surface area contributed by atoms with E-state index in [0.717, 1.165) is 32.3 Å². The van der Waals surface area contributed by atoms with Gasteiger partial charge >= 0.3 is 0 Å². The van der Waals surface area contributed by atoms with Gasteiger partial charge in [-0.05, 0) is 16.8 Å². The summed E-state index contributed by atoms with van der Waals surface area (Å²) in [6.07, 6.45) is 1.81. The second-order valence-corrected chi connectivity index (χ2v) is 6.84. The van der Waals surface area contributed by atoms with Gasteiger partial charge in [0.2, 0.25) is 5.13 Å². The molecule has 0 aliphatic heterocycles. The summed E-state index contributed by atoms with van der Waals surface area (Å²) in [5.74, 6) is 2.11. The first-order valence-electron chi connectivity index (χ1n) is 8.36. The number of fused-ring (bicyclic) bond motifs is 2. The van der Waals surface area contributed by atoms with Gasteiger partial charge in [-0.1, -0.05) is 41.7 Å². The molecule has 1 aromatic heterocycles. The third-order valence-corrected chi connectivity index (χ3v) is 5.26. The molecule has 0 bridgehead atoms. The van der Waals surface area contributed by atoms with Crippen LogP contribution >= 0.6 is 11.3 Å². The van der Waals surface area contributed by atoms with Gasteiger partial charge in [0.05, 0.1) is 31.5 Å². The summed E-state index contributed by atoms with van der Waals surface area (Å²) in [6.45, 7) is 0. The van der Waals surface area contributed by atoms with Gasteiger partial charge in [-0.3, -0.25) is 0 Å². The number of hydrogen-bond acceptors (Lipinski definition) is 6. The molecular formula is C21H18N2O3S. The Balaban J connectivity index is 1.78. The number of benzene rings is 3. The van der Waals surface area contributed by atoms with Crippen LogP contribution in [0.15, 0.2) is 53.5 Å². The zero-order chi connectivity index (χ0) is 18.8. The first kappa shape index (κ1) is 17.3. The van der Waals surface area contributed by atoms with Gasteiger partial charge in [-0.2, -0.15) is 0 Å². The van der Waals surface area contributed by atoms with Gasteiger partial charge in [-0.25, -0.2) is 9.98 Å². The Morgan fingerprint density at radius 3 is 2.41 bits per heavy atom. The average Bonchev–Trinajstić information content (AvgIpc) is 3.12. The van der Waals surface area contributed by atoms with Crippen LogP contribution < -0.4 is 14.2 Å². The lowest BCUT2D eigenvalue weighted by atomic mass is 10.0. The first-order valence-corrected chi connectivity index (χ1v) is 9.17. The lowest BCUT2D eigenvalue weighted by Gasteiger charge is -2.07. The fraction of sp³-hybridized carbons (Fsp3) is 0.143. The van der Waals surface area contributed by atoms with E-state index in [9.17, 15) is 0 Å². The molecule has 1 heterocycles. The van der Waals surface area contributed by atoms with Gasteiger partial charge in [0.1, 0.15) is 5.75 Å². The molecule has 0 atom stereocenters. The van der Waals surface area contributed by atoms with Crippen molar-refractivity contribution in [1.29, 1.82) is 0 Å². The van der Waals surface area contributed by atoms with Crippen molar-refractivity contribution in [3.63, 3.8) is 0 Å². The molecule has 0 fully saturated rings. The normalized spacial score (nSPS) is 11.4. The monoisotopic (exact) mass is 378 g/mol. The Hall–Kier alpha value is -3.12. The van der Waals surface area contributed by atoms with E-state index in [1.807, 2.05) is 42.6 Å². The number of nitrogens with zero attached hydrogens (tertiary/aromatic N) is 2. The maximum absolute atomic E-state index is 5.52. The Kier molecular flexibility index (Phi) is 4.64. The molecule has 27 heavy (non-hydrogen) atoms. The molecule has 0 aliphatic rings. The summed E-state index contributed by atoms with van der Waals surface area (Å²) in [6, 6.07) is 15.9. The van der Waals surface area contributed by atoms with E-state index in [2.05, 4.69) is 22.1 Å². The van der Waals surface area contributed by atoms with Crippen LogP contribution in [0.2, 0.25) is 0 Å². The van der Waals surface area contributed by atoms with Crippen LogP contribution in [0.3, 0.4) is 0 Å². The smallest absolute Gasteiger partial charge is 0.210 e. The highest BCUT2D eigenvalue weighted by atomic mass is 32.1. The van der Waals surface area contributed by atoms with Crippen LogP contribution in [-0.2, 0) is 0 Å². The molecule has 4 aromatic rings. The van der Waals surface area contributed by atoms with Gasteiger partial charge in [0, 0.05) is 23.9 Å². The number of thiazole rings is 1. The topological polar surface area (TPSA) is 52.9 Å². The fourth-order valence-electron chi connectivity index (χ4n) is 3.00. The van der Waals surface area contributed by atoms with Crippen LogP contribution in [0, 0.1) is 0 Å². The van der Waals surface area contributed by atoms with Gasteiger partial charge in [-0.15, -0.1) is 0 Å². The molecule has 0 unspecified atom stereocenters. The summed E-state index contributed by atoms with van der Waals surface area (Å²) < 4.78 is 17.2. The van der Waals surface area contributed by atoms with Gasteiger partial charge < -0.3 is 14.2 Å². The number of aromatic nitrogens is 1. The molecule has 0 radical (unpaired) electrons. The van der Waals surface area contributed by atoms with E-state index in [1.165, 1.54) is 11.3 Å². The Morgan fingerprint density at radius 2 is 1.63 bits per heavy atom. The summed E-state index contributed by atoms with van der Waals surface area (Å²) in [7, 11) is 4.90. The van der Waals surface area contributed by atoms with E-state index in [-0.39, 0.29) is 0 Å². The molecule has 0 aliphatic carbocycles. The SMILES string of the molecule is COc1cc2nc(/N=C/c3c(OC)ccc4ccccc34)sc2cc1OC. The number of rotatable bonds is 5. The highest BCUT2D eigenvalue weighted by molar-refractivity contribution is 7.22. The van der Waals surface area contributed by atoms with Crippen LogP contribution in [0.4, 0.5) is 5.13 Å². The Labute approximate surface area is 160 Å². The molecule has 4 rings (SSSR count). The Morgan fingerprint density at radius 1 is 0.889 bits per heavy atom. The lowest BCUT2D eigenvalue weighted by molar-refractivity contribution is 0.356. The van der Waals surface area contributed by atoms with Crippen molar-refractivity contribution >= 4 is 43.7 Å². The third kappa shape index (κ3) is 3.19. The van der Waals surface area contributed by atoms with Crippen molar-refractivity contribution < 1.29 is 14.2 Å². The predicted molar refractivity (Wildman–Crippen MR) is 110 cm³/mol. The number of aliphatic imine (C=N–C) groups is 1. The van der Waals surface area contributed by atoms with Gasteiger partial charge in [0.15, 0.2) is 11.5 Å². The number of methoxy groups -OCH3 is 3. The molecule has 5 nitrogen and oxygen atoms in total. The molecule has 0 saturated carbocycles. The quantitative estimate of drug-likeness (QED) is 0.447. The number of hydrogen-bond donors (Lipinski definition) is 0. The highest BCUT2D eigenvalue weighted by Gasteiger charge is 2.11. The Bertz CT molecular complexity index is 1110. The van der Waals surface area contributed by atoms with E-state index < -0.39 is 0 Å². The lowest BCUT2D eigenvalue weighted by Crippen LogP contribution is -1.92. The minimum Gasteiger partial charge on any atom is -0.496 e. The van der Waals surface area contributed by atoms with Gasteiger partial charge in [0.25, 0.3) is 0 Å². The maximum Gasteiger partial charge on any atom is 0.210 e. The number of ether oxygens (including phenoxy) is 3. The standard InChI is InChI=1S/C21H18N2O3S/c1-24-17-9-8-13-6-4-5-7-14(13)15(17)12-22-21-23-16-10-18(25-2)19(26-3)11-20(16)27-21/h4-12H,1-3H3/b22-12+. The maximum atomic E-state index is 5.52. The second-order valence-electron chi connectivity index (χ2n) is 5.83. The first-order chi connectivity index (χ1) is 13.2. The van der Waals surface area contributed by atoms with Crippen molar-refractivity contribution in [2.75, 3.05) is 21.3 Å². The second kappa shape index (κ2) is 7.25. The molecule has 3 aromatic carbocycles. The van der Waals surface area contributed by atoms with E-state index in [4.69, 9.17) is 14.2 Å². The molecule has 0 amide bonds. The largest absolute Gasteiger partial charge is 0.496 e. The van der Waals surface area contributed by atoms with Crippen LogP contribution in [0.5, 0.6) is 17.2 Å². The minimum absolute atomic E-state index is 0.654. The predicted octanol–water partition coefficient (Wildman–Crippen LogP) is 5.23. The zero-order valence-electron chi connectivity index (χ0n) is 15.2. The summed E-state index contributed by atoms with van der Waals surface area (Å²) >= 11 is 1.50. The summed E-state index contributed by atoms with van der Waals surface area (Å²) in [4.78, 5) is 9.20.